The average molecular weight is 288 g/mol. The molecule has 5 heteroatoms. The summed E-state index contributed by atoms with van der Waals surface area (Å²) in [6.45, 7) is 1.81. The molecule has 0 spiro atoms. The first-order chi connectivity index (χ1) is 7.56. The number of Topliss-reactive ketones (excluding diaryl/α,β-unsaturated/α-hetero) is 1. The minimum absolute atomic E-state index is 0.0683. The molecule has 0 aromatic heterocycles. The van der Waals surface area contributed by atoms with E-state index >= 15 is 0 Å². The monoisotopic (exact) mass is 287 g/mol. The predicted octanol–water partition coefficient (Wildman–Crippen LogP) is 1.92. The lowest BCUT2D eigenvalue weighted by Gasteiger charge is -2.14. The van der Waals surface area contributed by atoms with Gasteiger partial charge in [0.25, 0.3) is 0 Å². The van der Waals surface area contributed by atoms with Gasteiger partial charge in [-0.1, -0.05) is 0 Å². The standard InChI is InChI=1S/C11H14BrNO3/c1-6-4-8(15-2)9(7(14)5-13)10(12)11(6)16-3/h4H,5,13H2,1-3H3. The first-order valence-electron chi connectivity index (χ1n) is 4.71. The molecule has 1 rings (SSSR count). The van der Waals surface area contributed by atoms with E-state index in [1.165, 1.54) is 7.11 Å². The Morgan fingerprint density at radius 1 is 1.44 bits per heavy atom. The molecule has 0 fully saturated rings. The zero-order chi connectivity index (χ0) is 12.3. The van der Waals surface area contributed by atoms with Gasteiger partial charge in [-0.3, -0.25) is 4.79 Å². The maximum Gasteiger partial charge on any atom is 0.181 e. The average Bonchev–Trinajstić information content (AvgIpc) is 2.27. The third-order valence-electron chi connectivity index (χ3n) is 2.26. The van der Waals surface area contributed by atoms with Crippen LogP contribution >= 0.6 is 15.9 Å². The molecule has 0 saturated heterocycles. The number of ether oxygens (including phenoxy) is 2. The van der Waals surface area contributed by atoms with Crippen molar-refractivity contribution in [1.29, 1.82) is 0 Å². The number of nitrogens with two attached hydrogens (primary N) is 1. The summed E-state index contributed by atoms with van der Waals surface area (Å²) in [4.78, 5) is 11.7. The van der Waals surface area contributed by atoms with Crippen LogP contribution in [0.2, 0.25) is 0 Å². The van der Waals surface area contributed by atoms with E-state index in [2.05, 4.69) is 15.9 Å². The Labute approximate surface area is 103 Å². The summed E-state index contributed by atoms with van der Waals surface area (Å²) in [7, 11) is 3.07. The summed E-state index contributed by atoms with van der Waals surface area (Å²) < 4.78 is 11.0. The van der Waals surface area contributed by atoms with Gasteiger partial charge in [0.05, 0.1) is 30.8 Å². The quantitative estimate of drug-likeness (QED) is 0.860. The van der Waals surface area contributed by atoms with Crippen LogP contribution in [0.5, 0.6) is 11.5 Å². The predicted molar refractivity (Wildman–Crippen MR) is 65.4 cm³/mol. The highest BCUT2D eigenvalue weighted by atomic mass is 79.9. The fourth-order valence-corrected chi connectivity index (χ4v) is 2.39. The van der Waals surface area contributed by atoms with Crippen molar-refractivity contribution in [2.45, 2.75) is 6.92 Å². The van der Waals surface area contributed by atoms with Gasteiger partial charge in [0.1, 0.15) is 11.5 Å². The molecular weight excluding hydrogens is 274 g/mol. The van der Waals surface area contributed by atoms with Crippen LogP contribution in [0.15, 0.2) is 10.5 Å². The van der Waals surface area contributed by atoms with Crippen LogP contribution in [-0.2, 0) is 0 Å². The summed E-state index contributed by atoms with van der Waals surface area (Å²) >= 11 is 3.34. The molecule has 0 saturated carbocycles. The number of carbonyl (C=O) groups excluding carboxylic acids is 1. The Balaban J connectivity index is 3.49. The Hall–Kier alpha value is -1.07. The lowest BCUT2D eigenvalue weighted by Crippen LogP contribution is -2.15. The fraction of sp³-hybridized carbons (Fsp3) is 0.364. The van der Waals surface area contributed by atoms with Crippen molar-refractivity contribution < 1.29 is 14.3 Å². The van der Waals surface area contributed by atoms with E-state index < -0.39 is 0 Å². The van der Waals surface area contributed by atoms with Gasteiger partial charge < -0.3 is 15.2 Å². The van der Waals surface area contributed by atoms with Gasteiger partial charge in [-0.2, -0.15) is 0 Å². The molecule has 0 unspecified atom stereocenters. The first-order valence-corrected chi connectivity index (χ1v) is 5.50. The van der Waals surface area contributed by atoms with E-state index in [9.17, 15) is 4.79 Å². The van der Waals surface area contributed by atoms with Crippen molar-refractivity contribution >= 4 is 21.7 Å². The van der Waals surface area contributed by atoms with Crippen molar-refractivity contribution in [3.05, 3.63) is 21.7 Å². The Kier molecular flexibility index (Phi) is 4.32. The van der Waals surface area contributed by atoms with Gasteiger partial charge in [-0.25, -0.2) is 0 Å². The largest absolute Gasteiger partial charge is 0.496 e. The van der Waals surface area contributed by atoms with Crippen molar-refractivity contribution in [3.8, 4) is 11.5 Å². The summed E-state index contributed by atoms with van der Waals surface area (Å²) in [5.41, 5.74) is 6.67. The molecule has 1 aromatic rings. The second kappa shape index (κ2) is 5.32. The fourth-order valence-electron chi connectivity index (χ4n) is 1.50. The van der Waals surface area contributed by atoms with Gasteiger partial charge in [-0.15, -0.1) is 0 Å². The molecule has 0 radical (unpaired) electrons. The molecule has 88 valence electrons. The molecule has 4 nitrogen and oxygen atoms in total. The minimum atomic E-state index is -0.193. The van der Waals surface area contributed by atoms with Crippen molar-refractivity contribution in [2.24, 2.45) is 5.73 Å². The highest BCUT2D eigenvalue weighted by molar-refractivity contribution is 9.10. The normalized spacial score (nSPS) is 10.1. The molecular formula is C11H14BrNO3. The smallest absolute Gasteiger partial charge is 0.181 e. The number of hydrogen-bond donors (Lipinski definition) is 1. The third-order valence-corrected chi connectivity index (χ3v) is 3.02. The molecule has 2 N–H and O–H groups in total. The summed E-state index contributed by atoms with van der Waals surface area (Å²) in [6.07, 6.45) is 0. The molecule has 1 aromatic carbocycles. The highest BCUT2D eigenvalue weighted by Gasteiger charge is 2.20. The van der Waals surface area contributed by atoms with Gasteiger partial charge >= 0.3 is 0 Å². The maximum atomic E-state index is 11.7. The molecule has 0 aliphatic rings. The number of benzene rings is 1. The zero-order valence-corrected chi connectivity index (χ0v) is 11.1. The zero-order valence-electron chi connectivity index (χ0n) is 9.46. The lowest BCUT2D eigenvalue weighted by atomic mass is 10.1. The van der Waals surface area contributed by atoms with Gasteiger partial charge in [0.2, 0.25) is 0 Å². The SMILES string of the molecule is COc1cc(C)c(OC)c(Br)c1C(=O)CN. The number of methoxy groups -OCH3 is 2. The molecule has 0 amide bonds. The third kappa shape index (κ3) is 2.20. The topological polar surface area (TPSA) is 61.5 Å². The molecule has 0 aliphatic heterocycles. The molecule has 0 heterocycles. The highest BCUT2D eigenvalue weighted by Crippen LogP contribution is 2.38. The number of aryl methyl sites for hydroxylation is 1. The van der Waals surface area contributed by atoms with E-state index in [0.29, 0.717) is 21.5 Å². The van der Waals surface area contributed by atoms with E-state index in [1.807, 2.05) is 6.92 Å². The lowest BCUT2D eigenvalue weighted by molar-refractivity contribution is 0.0997. The van der Waals surface area contributed by atoms with Gasteiger partial charge in [-0.05, 0) is 34.5 Å². The summed E-state index contributed by atoms with van der Waals surface area (Å²) in [5.74, 6) is 0.931. The number of hydrogen-bond acceptors (Lipinski definition) is 4. The van der Waals surface area contributed by atoms with E-state index in [-0.39, 0.29) is 12.3 Å². The van der Waals surface area contributed by atoms with Crippen molar-refractivity contribution in [2.75, 3.05) is 20.8 Å². The Morgan fingerprint density at radius 3 is 2.50 bits per heavy atom. The second-order valence-corrected chi connectivity index (χ2v) is 4.04. The van der Waals surface area contributed by atoms with Gasteiger partial charge in [0.15, 0.2) is 5.78 Å². The van der Waals surface area contributed by atoms with E-state index in [1.54, 1.807) is 13.2 Å². The van der Waals surface area contributed by atoms with Crippen LogP contribution in [-0.4, -0.2) is 26.5 Å². The van der Waals surface area contributed by atoms with Crippen LogP contribution in [0, 0.1) is 6.92 Å². The minimum Gasteiger partial charge on any atom is -0.496 e. The summed E-state index contributed by atoms with van der Waals surface area (Å²) in [6, 6.07) is 1.76. The van der Waals surface area contributed by atoms with E-state index in [0.717, 1.165) is 5.56 Å². The second-order valence-electron chi connectivity index (χ2n) is 3.25. The molecule has 16 heavy (non-hydrogen) atoms. The van der Waals surface area contributed by atoms with Crippen LogP contribution in [0.25, 0.3) is 0 Å². The Morgan fingerprint density at radius 2 is 2.06 bits per heavy atom. The maximum absolute atomic E-state index is 11.7. The molecule has 0 bridgehead atoms. The number of ketones is 1. The Bertz CT molecular complexity index is 418. The summed E-state index contributed by atoms with van der Waals surface area (Å²) in [5, 5.41) is 0. The van der Waals surface area contributed by atoms with Crippen LogP contribution in [0.1, 0.15) is 15.9 Å². The molecule has 0 aliphatic carbocycles. The van der Waals surface area contributed by atoms with Gasteiger partial charge in [0, 0.05) is 0 Å². The molecule has 0 atom stereocenters. The van der Waals surface area contributed by atoms with E-state index in [4.69, 9.17) is 15.2 Å². The first kappa shape index (κ1) is 13.0. The van der Waals surface area contributed by atoms with Crippen molar-refractivity contribution in [3.63, 3.8) is 0 Å². The van der Waals surface area contributed by atoms with Crippen molar-refractivity contribution in [1.82, 2.24) is 0 Å². The van der Waals surface area contributed by atoms with Crippen LogP contribution in [0.4, 0.5) is 0 Å². The number of rotatable bonds is 4. The number of carbonyl (C=O) groups is 1. The van der Waals surface area contributed by atoms with Crippen LogP contribution in [0.3, 0.4) is 0 Å². The number of halogens is 1. The van der Waals surface area contributed by atoms with Crippen LogP contribution < -0.4 is 15.2 Å².